The number of rotatable bonds is 6. The molecule has 3 rings (SSSR count). The fourth-order valence-corrected chi connectivity index (χ4v) is 3.03. The molecule has 0 aromatic carbocycles. The van der Waals surface area contributed by atoms with E-state index in [-0.39, 0.29) is 12.4 Å². The van der Waals surface area contributed by atoms with Gasteiger partial charge in [-0.05, 0) is 6.07 Å². The summed E-state index contributed by atoms with van der Waals surface area (Å²) in [4.78, 5) is 50.1. The number of phosphoric acid groups is 1. The van der Waals surface area contributed by atoms with E-state index >= 15 is 0 Å². The Kier molecular flexibility index (Phi) is 5.86. The first kappa shape index (κ1) is 20.5. The lowest BCUT2D eigenvalue weighted by atomic mass is 10.1. The summed E-state index contributed by atoms with van der Waals surface area (Å²) in [5, 5.41) is 20.2. The lowest BCUT2D eigenvalue weighted by molar-refractivity contribution is -0.0548. The summed E-state index contributed by atoms with van der Waals surface area (Å²) < 4.78 is 22.1. The number of hydrogen-bond acceptors (Lipinski definition) is 9. The Bertz CT molecular complexity index is 988. The van der Waals surface area contributed by atoms with Gasteiger partial charge in [0, 0.05) is 24.7 Å². The Labute approximate surface area is 156 Å². The van der Waals surface area contributed by atoms with Gasteiger partial charge in [0.15, 0.2) is 6.23 Å². The molecule has 13 nitrogen and oxygen atoms in total. The fourth-order valence-electron chi connectivity index (χ4n) is 2.69. The van der Waals surface area contributed by atoms with Crippen molar-refractivity contribution in [2.24, 2.45) is 0 Å². The maximum atomic E-state index is 12.7. The minimum absolute atomic E-state index is 0.209. The van der Waals surface area contributed by atoms with E-state index in [1.54, 1.807) is 6.07 Å². The van der Waals surface area contributed by atoms with Crippen molar-refractivity contribution in [2.75, 3.05) is 6.61 Å². The van der Waals surface area contributed by atoms with Crippen molar-refractivity contribution >= 4 is 7.82 Å². The van der Waals surface area contributed by atoms with Crippen LogP contribution in [0, 0.1) is 0 Å². The van der Waals surface area contributed by atoms with Crippen LogP contribution in [-0.4, -0.2) is 64.0 Å². The van der Waals surface area contributed by atoms with Crippen molar-refractivity contribution in [2.45, 2.75) is 31.1 Å². The number of phosphoric ester groups is 1. The summed E-state index contributed by atoms with van der Waals surface area (Å²) in [5.41, 5.74) is -1.49. The second-order valence-electron chi connectivity index (χ2n) is 5.93. The minimum Gasteiger partial charge on any atom is -0.387 e. The second kappa shape index (κ2) is 8.01. The summed E-state index contributed by atoms with van der Waals surface area (Å²) in [6.45, 7) is -0.944. The SMILES string of the molecule is O=c1ccn([C@@H]2O[C@H](COP(=O)(O)O)[C@H](O)[C@@H]2O)c(=O)n1Cc1ncccn1. The third kappa shape index (κ3) is 4.42. The molecule has 0 bridgehead atoms. The van der Waals surface area contributed by atoms with Gasteiger partial charge in [0.2, 0.25) is 0 Å². The van der Waals surface area contributed by atoms with Gasteiger partial charge in [-0.15, -0.1) is 0 Å². The molecule has 14 heteroatoms. The molecule has 1 saturated heterocycles. The minimum atomic E-state index is -4.82. The summed E-state index contributed by atoms with van der Waals surface area (Å²) >= 11 is 0. The van der Waals surface area contributed by atoms with Gasteiger partial charge in [-0.1, -0.05) is 0 Å². The van der Waals surface area contributed by atoms with Crippen LogP contribution in [0.2, 0.25) is 0 Å². The predicted octanol–water partition coefficient (Wildman–Crippen LogP) is -2.42. The van der Waals surface area contributed by atoms with Gasteiger partial charge in [-0.2, -0.15) is 0 Å². The summed E-state index contributed by atoms with van der Waals surface area (Å²) in [6, 6.07) is 2.63. The number of ether oxygens (including phenoxy) is 1. The molecular weight excluding hydrogens is 399 g/mol. The number of aromatic nitrogens is 4. The smallest absolute Gasteiger partial charge is 0.387 e. The van der Waals surface area contributed by atoms with E-state index in [4.69, 9.17) is 14.5 Å². The topological polar surface area (TPSA) is 186 Å². The fraction of sp³-hybridized carbons (Fsp3) is 0.429. The zero-order valence-corrected chi connectivity index (χ0v) is 15.1. The van der Waals surface area contributed by atoms with Crippen LogP contribution in [0.1, 0.15) is 12.1 Å². The average molecular weight is 416 g/mol. The van der Waals surface area contributed by atoms with Crippen LogP contribution in [0.4, 0.5) is 0 Å². The molecule has 4 N–H and O–H groups in total. The van der Waals surface area contributed by atoms with E-state index in [0.29, 0.717) is 0 Å². The predicted molar refractivity (Wildman–Crippen MR) is 90.0 cm³/mol. The third-order valence-electron chi connectivity index (χ3n) is 4.03. The first-order valence-corrected chi connectivity index (χ1v) is 9.50. The first-order valence-electron chi connectivity index (χ1n) is 7.97. The van der Waals surface area contributed by atoms with Crippen LogP contribution in [0.5, 0.6) is 0 Å². The molecule has 152 valence electrons. The van der Waals surface area contributed by atoms with E-state index in [2.05, 4.69) is 14.5 Å². The van der Waals surface area contributed by atoms with Crippen molar-refractivity contribution in [3.63, 3.8) is 0 Å². The lowest BCUT2D eigenvalue weighted by Crippen LogP contribution is -2.43. The number of nitrogens with zero attached hydrogens (tertiary/aromatic N) is 4. The highest BCUT2D eigenvalue weighted by atomic mass is 31.2. The summed E-state index contributed by atoms with van der Waals surface area (Å²) in [6.07, 6.45) is -1.93. The average Bonchev–Trinajstić information content (AvgIpc) is 2.92. The molecule has 2 aromatic heterocycles. The van der Waals surface area contributed by atoms with E-state index in [1.807, 2.05) is 0 Å². The monoisotopic (exact) mass is 416 g/mol. The van der Waals surface area contributed by atoms with Gasteiger partial charge in [0.1, 0.15) is 24.1 Å². The highest BCUT2D eigenvalue weighted by Gasteiger charge is 2.45. The van der Waals surface area contributed by atoms with Gasteiger partial charge < -0.3 is 24.7 Å². The molecule has 0 aliphatic carbocycles. The van der Waals surface area contributed by atoms with Crippen LogP contribution in [-0.2, 0) is 20.4 Å². The molecule has 0 spiro atoms. The van der Waals surface area contributed by atoms with Crippen molar-refractivity contribution in [1.82, 2.24) is 19.1 Å². The standard InChI is InChI=1S/C14H17N4O9P/c19-10-2-5-17(14(22)18(10)6-9-15-3-1-4-16-9)13-12(21)11(20)8(27-13)7-26-28(23,24)25/h1-5,8,11-13,20-21H,6-7H2,(H2,23,24,25)/t8-,11+,12+,13-/m1/s1. The summed E-state index contributed by atoms with van der Waals surface area (Å²) in [7, 11) is -4.82. The Morgan fingerprint density at radius 1 is 1.18 bits per heavy atom. The zero-order valence-electron chi connectivity index (χ0n) is 14.2. The number of aliphatic hydroxyl groups excluding tert-OH is 2. The van der Waals surface area contributed by atoms with E-state index in [9.17, 15) is 24.4 Å². The Hall–Kier alpha value is -2.25. The van der Waals surface area contributed by atoms with Crippen molar-refractivity contribution < 1.29 is 33.8 Å². The normalized spacial score (nSPS) is 25.1. The van der Waals surface area contributed by atoms with Crippen molar-refractivity contribution in [3.05, 3.63) is 57.4 Å². The van der Waals surface area contributed by atoms with Crippen molar-refractivity contribution in [1.29, 1.82) is 0 Å². The lowest BCUT2D eigenvalue weighted by Gasteiger charge is -2.18. The van der Waals surface area contributed by atoms with E-state index < -0.39 is 50.2 Å². The highest BCUT2D eigenvalue weighted by molar-refractivity contribution is 7.46. The summed E-state index contributed by atoms with van der Waals surface area (Å²) in [5.74, 6) is 0.209. The van der Waals surface area contributed by atoms with Crippen LogP contribution < -0.4 is 11.2 Å². The quantitative estimate of drug-likeness (QED) is 0.367. The van der Waals surface area contributed by atoms with Crippen LogP contribution >= 0.6 is 7.82 Å². The second-order valence-corrected chi connectivity index (χ2v) is 7.17. The molecule has 1 aliphatic heterocycles. The van der Waals surface area contributed by atoms with Gasteiger partial charge in [-0.3, -0.25) is 18.5 Å². The third-order valence-corrected chi connectivity index (χ3v) is 4.52. The highest BCUT2D eigenvalue weighted by Crippen LogP contribution is 2.38. The molecule has 0 amide bonds. The molecule has 0 saturated carbocycles. The maximum Gasteiger partial charge on any atom is 0.469 e. The molecular formula is C14H17N4O9P. The molecule has 0 unspecified atom stereocenters. The molecule has 4 atom stereocenters. The van der Waals surface area contributed by atoms with E-state index in [0.717, 1.165) is 21.4 Å². The van der Waals surface area contributed by atoms with Crippen LogP contribution in [0.3, 0.4) is 0 Å². The molecule has 2 aromatic rings. The van der Waals surface area contributed by atoms with Gasteiger partial charge in [0.25, 0.3) is 5.56 Å². The van der Waals surface area contributed by atoms with Crippen molar-refractivity contribution in [3.8, 4) is 0 Å². The maximum absolute atomic E-state index is 12.7. The Morgan fingerprint density at radius 2 is 1.86 bits per heavy atom. The molecule has 0 radical (unpaired) electrons. The number of hydrogen-bond donors (Lipinski definition) is 4. The largest absolute Gasteiger partial charge is 0.469 e. The van der Waals surface area contributed by atoms with Crippen LogP contribution in [0.25, 0.3) is 0 Å². The molecule has 1 aliphatic rings. The molecule has 28 heavy (non-hydrogen) atoms. The first-order chi connectivity index (χ1) is 13.2. The van der Waals surface area contributed by atoms with Gasteiger partial charge in [-0.25, -0.2) is 19.3 Å². The van der Waals surface area contributed by atoms with E-state index in [1.165, 1.54) is 12.4 Å². The van der Waals surface area contributed by atoms with Crippen LogP contribution in [0.15, 0.2) is 40.3 Å². The van der Waals surface area contributed by atoms with Gasteiger partial charge >= 0.3 is 13.5 Å². The molecule has 1 fully saturated rings. The Morgan fingerprint density at radius 3 is 2.50 bits per heavy atom. The number of aliphatic hydroxyl groups is 2. The van der Waals surface area contributed by atoms with Gasteiger partial charge in [0.05, 0.1) is 13.2 Å². The zero-order chi connectivity index (χ0) is 20.5. The Balaban J connectivity index is 1.87. The molecule has 3 heterocycles.